The van der Waals surface area contributed by atoms with Crippen molar-refractivity contribution in [2.45, 2.75) is 36.9 Å². The first-order valence-corrected chi connectivity index (χ1v) is 9.31. The molecule has 1 N–H and O–H groups in total. The molecule has 6 heteroatoms. The Bertz CT molecular complexity index is 625. The lowest BCUT2D eigenvalue weighted by atomic mass is 9.75. The average molecular weight is 323 g/mol. The van der Waals surface area contributed by atoms with Crippen molar-refractivity contribution in [3.8, 4) is 0 Å². The van der Waals surface area contributed by atoms with Crippen LogP contribution >= 0.6 is 0 Å². The molecule has 2 aliphatic rings. The van der Waals surface area contributed by atoms with Crippen LogP contribution in [-0.4, -0.2) is 32.8 Å². The predicted octanol–water partition coefficient (Wildman–Crippen LogP) is 1.81. The van der Waals surface area contributed by atoms with E-state index >= 15 is 0 Å². The van der Waals surface area contributed by atoms with E-state index in [-0.39, 0.29) is 31.0 Å². The highest BCUT2D eigenvalue weighted by Crippen LogP contribution is 2.38. The Morgan fingerprint density at radius 3 is 2.41 bits per heavy atom. The fourth-order valence-electron chi connectivity index (χ4n) is 3.24. The number of carbonyl (C=O) groups excluding carboxylic acids is 1. The Hall–Kier alpha value is -1.40. The van der Waals surface area contributed by atoms with Gasteiger partial charge >= 0.3 is 0 Å². The van der Waals surface area contributed by atoms with Gasteiger partial charge in [0.1, 0.15) is 5.25 Å². The molecule has 0 radical (unpaired) electrons. The van der Waals surface area contributed by atoms with Crippen LogP contribution in [0.25, 0.3) is 0 Å². The van der Waals surface area contributed by atoms with Crippen molar-refractivity contribution in [2.75, 3.05) is 13.2 Å². The maximum absolute atomic E-state index is 12.5. The topological polar surface area (TPSA) is 72.5 Å². The van der Waals surface area contributed by atoms with E-state index in [4.69, 9.17) is 4.74 Å². The van der Waals surface area contributed by atoms with Gasteiger partial charge in [-0.3, -0.25) is 9.52 Å². The predicted molar refractivity (Wildman–Crippen MR) is 82.8 cm³/mol. The molecule has 3 rings (SSSR count). The molecule has 1 aromatic rings. The van der Waals surface area contributed by atoms with Gasteiger partial charge in [-0.1, -0.05) is 43.2 Å². The van der Waals surface area contributed by atoms with E-state index in [9.17, 15) is 13.2 Å². The van der Waals surface area contributed by atoms with Crippen molar-refractivity contribution in [1.82, 2.24) is 4.72 Å². The Balaban J connectivity index is 1.74. The molecule has 2 atom stereocenters. The highest BCUT2D eigenvalue weighted by atomic mass is 32.2. The molecule has 1 aliphatic carbocycles. The van der Waals surface area contributed by atoms with Gasteiger partial charge in [0.05, 0.1) is 13.2 Å². The van der Waals surface area contributed by atoms with Gasteiger partial charge in [0.25, 0.3) is 0 Å². The van der Waals surface area contributed by atoms with E-state index in [2.05, 4.69) is 4.72 Å². The van der Waals surface area contributed by atoms with Crippen molar-refractivity contribution in [3.63, 3.8) is 0 Å². The number of carbonyl (C=O) groups is 1. The van der Waals surface area contributed by atoms with Crippen LogP contribution in [0, 0.1) is 5.92 Å². The lowest BCUT2D eigenvalue weighted by molar-refractivity contribution is -0.124. The van der Waals surface area contributed by atoms with Crippen LogP contribution < -0.4 is 4.72 Å². The summed E-state index contributed by atoms with van der Waals surface area (Å²) in [7, 11) is -3.60. The van der Waals surface area contributed by atoms with E-state index in [0.717, 1.165) is 31.2 Å². The smallest absolute Gasteiger partial charge is 0.242 e. The number of ether oxygens (including phenoxy) is 1. The third-order valence-electron chi connectivity index (χ3n) is 4.62. The minimum Gasteiger partial charge on any atom is -0.378 e. The zero-order chi connectivity index (χ0) is 15.6. The third kappa shape index (κ3) is 3.17. The molecule has 5 nitrogen and oxygen atoms in total. The zero-order valence-electron chi connectivity index (χ0n) is 12.4. The standard InChI is InChI=1S/C16H21NO4S/c18-16(17-22(19,20)13-10-21-11-13)15-9-5-4-8-14(15)12-6-2-1-3-7-12/h1-3,6-7,13-15H,4-5,8-11H2,(H,17,18)/t14-,15-/m1/s1. The molecule has 1 aromatic carbocycles. The molecule has 1 saturated heterocycles. The van der Waals surface area contributed by atoms with Gasteiger partial charge in [-0.05, 0) is 24.3 Å². The fourth-order valence-corrected chi connectivity index (χ4v) is 4.39. The molecule has 2 fully saturated rings. The fraction of sp³-hybridized carbons (Fsp3) is 0.562. The first kappa shape index (κ1) is 15.5. The molecule has 1 amide bonds. The highest BCUT2D eigenvalue weighted by Gasteiger charge is 2.38. The molecule has 22 heavy (non-hydrogen) atoms. The molecule has 1 heterocycles. The lowest BCUT2D eigenvalue weighted by Gasteiger charge is -2.32. The summed E-state index contributed by atoms with van der Waals surface area (Å²) in [5.74, 6) is -0.532. The van der Waals surface area contributed by atoms with Gasteiger partial charge in [0.2, 0.25) is 15.9 Å². The van der Waals surface area contributed by atoms with Gasteiger partial charge in [-0.15, -0.1) is 0 Å². The summed E-state index contributed by atoms with van der Waals surface area (Å²) < 4.78 is 31.4. The molecule has 0 spiro atoms. The molecule has 1 saturated carbocycles. The number of benzene rings is 1. The van der Waals surface area contributed by atoms with Crippen molar-refractivity contribution >= 4 is 15.9 Å². The van der Waals surface area contributed by atoms with Gasteiger partial charge in [0, 0.05) is 5.92 Å². The van der Waals surface area contributed by atoms with E-state index in [0.29, 0.717) is 0 Å². The van der Waals surface area contributed by atoms with Crippen molar-refractivity contribution in [2.24, 2.45) is 5.92 Å². The second-order valence-corrected chi connectivity index (χ2v) is 8.04. The molecule has 0 unspecified atom stereocenters. The van der Waals surface area contributed by atoms with Crippen LogP contribution in [0.5, 0.6) is 0 Å². The largest absolute Gasteiger partial charge is 0.378 e. The van der Waals surface area contributed by atoms with Crippen LogP contribution in [0.15, 0.2) is 30.3 Å². The van der Waals surface area contributed by atoms with Crippen LogP contribution in [0.3, 0.4) is 0 Å². The molecule has 0 aromatic heterocycles. The Morgan fingerprint density at radius 1 is 1.09 bits per heavy atom. The first-order valence-electron chi connectivity index (χ1n) is 7.76. The summed E-state index contributed by atoms with van der Waals surface area (Å²) in [4.78, 5) is 12.5. The van der Waals surface area contributed by atoms with Gasteiger partial charge in [0.15, 0.2) is 0 Å². The molecule has 0 bridgehead atoms. The number of rotatable bonds is 4. The van der Waals surface area contributed by atoms with Crippen molar-refractivity contribution < 1.29 is 17.9 Å². The molecular formula is C16H21NO4S. The maximum atomic E-state index is 12.5. The van der Waals surface area contributed by atoms with E-state index in [1.54, 1.807) is 0 Å². The second kappa shape index (κ2) is 6.38. The second-order valence-electron chi connectivity index (χ2n) is 6.08. The van der Waals surface area contributed by atoms with Gasteiger partial charge in [-0.25, -0.2) is 8.42 Å². The monoisotopic (exact) mass is 323 g/mol. The van der Waals surface area contributed by atoms with Gasteiger partial charge < -0.3 is 4.74 Å². The van der Waals surface area contributed by atoms with Crippen LogP contribution in [-0.2, 0) is 19.6 Å². The van der Waals surface area contributed by atoms with E-state index in [1.165, 1.54) is 0 Å². The normalized spacial score (nSPS) is 26.2. The van der Waals surface area contributed by atoms with Crippen LogP contribution in [0.4, 0.5) is 0 Å². The summed E-state index contributed by atoms with van der Waals surface area (Å²) in [5, 5.41) is -0.588. The average Bonchev–Trinajstić information content (AvgIpc) is 2.45. The molecule has 1 aliphatic heterocycles. The zero-order valence-corrected chi connectivity index (χ0v) is 13.2. The van der Waals surface area contributed by atoms with E-state index in [1.807, 2.05) is 30.3 Å². The first-order chi connectivity index (χ1) is 10.6. The highest BCUT2D eigenvalue weighted by molar-refractivity contribution is 7.90. The Labute approximate surface area is 131 Å². The maximum Gasteiger partial charge on any atom is 0.242 e. The molecule has 120 valence electrons. The Kier molecular flexibility index (Phi) is 4.49. The summed E-state index contributed by atoms with van der Waals surface area (Å²) in [6.45, 7) is 0.352. The summed E-state index contributed by atoms with van der Waals surface area (Å²) in [6.07, 6.45) is 3.71. The van der Waals surface area contributed by atoms with Crippen molar-refractivity contribution in [1.29, 1.82) is 0 Å². The molecular weight excluding hydrogens is 302 g/mol. The Morgan fingerprint density at radius 2 is 1.77 bits per heavy atom. The number of sulfonamides is 1. The number of nitrogens with one attached hydrogen (secondary N) is 1. The summed E-state index contributed by atoms with van der Waals surface area (Å²) in [5.41, 5.74) is 1.12. The van der Waals surface area contributed by atoms with Crippen LogP contribution in [0.2, 0.25) is 0 Å². The SMILES string of the molecule is O=C(NS(=O)(=O)C1COC1)[C@@H]1CCCC[C@@H]1c1ccccc1. The quantitative estimate of drug-likeness (QED) is 0.917. The number of hydrogen-bond acceptors (Lipinski definition) is 4. The minimum absolute atomic E-state index is 0.0998. The van der Waals surface area contributed by atoms with Gasteiger partial charge in [-0.2, -0.15) is 0 Å². The third-order valence-corrected chi connectivity index (χ3v) is 6.26. The number of amides is 1. The van der Waals surface area contributed by atoms with Crippen LogP contribution in [0.1, 0.15) is 37.2 Å². The summed E-state index contributed by atoms with van der Waals surface area (Å²) >= 11 is 0. The van der Waals surface area contributed by atoms with Crippen molar-refractivity contribution in [3.05, 3.63) is 35.9 Å². The summed E-state index contributed by atoms with van der Waals surface area (Å²) in [6, 6.07) is 9.90. The lowest BCUT2D eigenvalue weighted by Crippen LogP contribution is -2.50. The van der Waals surface area contributed by atoms with E-state index < -0.39 is 15.3 Å². The minimum atomic E-state index is -3.60. The number of hydrogen-bond donors (Lipinski definition) is 1.